The third-order valence-electron chi connectivity index (χ3n) is 10.4. The molecule has 0 saturated carbocycles. The molecule has 0 spiro atoms. The zero-order valence-corrected chi connectivity index (χ0v) is 31.9. The quantitative estimate of drug-likeness (QED) is 0.191. The van der Waals surface area contributed by atoms with Crippen molar-refractivity contribution in [2.24, 2.45) is 0 Å². The normalized spacial score (nSPS) is 15.3. The molecule has 0 bridgehead atoms. The van der Waals surface area contributed by atoms with Crippen molar-refractivity contribution < 1.29 is 22.6 Å². The summed E-state index contributed by atoms with van der Waals surface area (Å²) >= 11 is 4.30. The summed E-state index contributed by atoms with van der Waals surface area (Å²) in [5, 5.41) is 3.51. The van der Waals surface area contributed by atoms with Gasteiger partial charge in [-0.15, -0.1) is 11.3 Å². The van der Waals surface area contributed by atoms with Gasteiger partial charge < -0.3 is 19.7 Å². The van der Waals surface area contributed by atoms with Crippen LogP contribution >= 0.6 is 34.8 Å². The Hall–Kier alpha value is -5.04. The van der Waals surface area contributed by atoms with Gasteiger partial charge in [-0.3, -0.25) is 0 Å². The van der Waals surface area contributed by atoms with Crippen molar-refractivity contribution in [2.45, 2.75) is 41.7 Å². The Balaban J connectivity index is 0.000000240. The molecule has 55 heavy (non-hydrogen) atoms. The molecule has 5 aromatic carbocycles. The van der Waals surface area contributed by atoms with Gasteiger partial charge in [0.25, 0.3) is 0 Å². The highest BCUT2D eigenvalue weighted by atomic mass is 32.2. The summed E-state index contributed by atoms with van der Waals surface area (Å²) in [4.78, 5) is 6.65. The lowest BCUT2D eigenvalue weighted by Gasteiger charge is -2.36. The Morgan fingerprint density at radius 2 is 1.35 bits per heavy atom. The molecule has 0 radical (unpaired) electrons. The van der Waals surface area contributed by atoms with Gasteiger partial charge in [0.2, 0.25) is 0 Å². The highest BCUT2D eigenvalue weighted by Gasteiger charge is 2.32. The molecule has 2 aromatic heterocycles. The fraction of sp³-hybridized carbons (Fsp3) is 0.209. The van der Waals surface area contributed by atoms with E-state index >= 15 is 0 Å². The Kier molecular flexibility index (Phi) is 8.72. The summed E-state index contributed by atoms with van der Waals surface area (Å²) < 4.78 is 61.7. The second kappa shape index (κ2) is 13.9. The van der Waals surface area contributed by atoms with Crippen LogP contribution in [0, 0.1) is 0 Å². The number of benzene rings is 5. The predicted molar refractivity (Wildman–Crippen MR) is 217 cm³/mol. The molecule has 0 unspecified atom stereocenters. The van der Waals surface area contributed by atoms with Crippen LogP contribution in [0.15, 0.2) is 107 Å². The predicted octanol–water partition coefficient (Wildman–Crippen LogP) is 12.1. The molecule has 1 N–H and O–H groups in total. The van der Waals surface area contributed by atoms with Crippen molar-refractivity contribution in [1.29, 1.82) is 0 Å². The fourth-order valence-electron chi connectivity index (χ4n) is 7.95. The smallest absolute Gasteiger partial charge is 0.416 e. The van der Waals surface area contributed by atoms with Crippen molar-refractivity contribution in [1.82, 2.24) is 8.75 Å². The Labute approximate surface area is 328 Å². The molecule has 0 fully saturated rings. The van der Waals surface area contributed by atoms with E-state index in [1.165, 1.54) is 44.8 Å². The van der Waals surface area contributed by atoms with E-state index in [0.29, 0.717) is 46.9 Å². The standard InChI is InChI=1S/C31H18F3N3O2S3.C12H15N/c32-31(33,34)18-5-3-4-16(14-18)19-9-10-20(26-25(19)36-42-37-26)30-28-27(38-12-13-39-28)29(41-30)17-8-11-22-24(15-17)40-23-7-2-1-6-21(23)35-22;1-4-10-6-2-8-13-9-3-7-11(5-1)12(10)13/h1-11,14-15,35H,12-13H2;1,4-5H,2-3,6-9H2. The van der Waals surface area contributed by atoms with E-state index in [-0.39, 0.29) is 0 Å². The number of rotatable bonds is 3. The lowest BCUT2D eigenvalue weighted by Crippen LogP contribution is -2.34. The molecular weight excluding hydrogens is 758 g/mol. The molecule has 11 rings (SSSR count). The number of aryl methyl sites for hydroxylation is 2. The number of thiophene rings is 1. The molecule has 4 aliphatic heterocycles. The van der Waals surface area contributed by atoms with E-state index in [9.17, 15) is 13.2 Å². The molecule has 6 heterocycles. The molecule has 4 aliphatic rings. The Morgan fingerprint density at radius 3 is 2.13 bits per heavy atom. The van der Waals surface area contributed by atoms with Crippen LogP contribution in [-0.4, -0.2) is 35.1 Å². The van der Waals surface area contributed by atoms with Crippen molar-refractivity contribution in [2.75, 3.05) is 36.5 Å². The number of aromatic nitrogens is 2. The average Bonchev–Trinajstić information content (AvgIpc) is 3.86. The summed E-state index contributed by atoms with van der Waals surface area (Å²) in [5.74, 6) is 1.34. The number of para-hydroxylation sites is 2. The number of halogens is 3. The van der Waals surface area contributed by atoms with Crippen molar-refractivity contribution in [3.8, 4) is 43.5 Å². The van der Waals surface area contributed by atoms with E-state index in [4.69, 9.17) is 9.47 Å². The van der Waals surface area contributed by atoms with Gasteiger partial charge in [-0.1, -0.05) is 72.4 Å². The summed E-state index contributed by atoms with van der Waals surface area (Å²) in [6, 6.07) is 30.3. The van der Waals surface area contributed by atoms with Gasteiger partial charge in [0.15, 0.2) is 11.5 Å². The minimum atomic E-state index is -4.44. The van der Waals surface area contributed by atoms with Gasteiger partial charge in [-0.2, -0.15) is 21.9 Å². The number of fused-ring (bicyclic) bond motifs is 4. The van der Waals surface area contributed by atoms with Crippen LogP contribution in [0.25, 0.3) is 43.0 Å². The van der Waals surface area contributed by atoms with Crippen LogP contribution in [0.4, 0.5) is 30.2 Å². The van der Waals surface area contributed by atoms with Crippen LogP contribution in [-0.2, 0) is 19.0 Å². The SMILES string of the molecule is FC(F)(F)c1cccc(-c2ccc(-c3sc(-c4ccc5c(c4)Sc4ccccc4N5)c4c3OCCO4)c3nsnc23)c1.c1cc2c3c(c1)CCCN3CCC2. The number of hydrogen-bond donors (Lipinski definition) is 1. The van der Waals surface area contributed by atoms with Gasteiger partial charge in [0.1, 0.15) is 24.2 Å². The van der Waals surface area contributed by atoms with Crippen molar-refractivity contribution >= 4 is 62.9 Å². The highest BCUT2D eigenvalue weighted by Crippen LogP contribution is 2.56. The first-order chi connectivity index (χ1) is 26.9. The molecule has 0 atom stereocenters. The number of alkyl halides is 3. The Morgan fingerprint density at radius 1 is 0.655 bits per heavy atom. The maximum absolute atomic E-state index is 13.4. The Bertz CT molecular complexity index is 2570. The molecular formula is C43H33F3N4O2S3. The number of ether oxygens (including phenoxy) is 2. The zero-order chi connectivity index (χ0) is 37.1. The molecule has 0 aliphatic carbocycles. The summed E-state index contributed by atoms with van der Waals surface area (Å²) in [6.45, 7) is 3.42. The van der Waals surface area contributed by atoms with E-state index < -0.39 is 11.7 Å². The second-order valence-electron chi connectivity index (χ2n) is 13.9. The average molecular weight is 791 g/mol. The number of nitrogens with zero attached hydrogens (tertiary/aromatic N) is 3. The maximum atomic E-state index is 13.4. The molecule has 0 saturated heterocycles. The van der Waals surface area contributed by atoms with E-state index in [0.717, 1.165) is 65.9 Å². The first-order valence-corrected chi connectivity index (χ1v) is 20.6. The molecule has 12 heteroatoms. The lowest BCUT2D eigenvalue weighted by atomic mass is 9.92. The summed E-state index contributed by atoms with van der Waals surface area (Å²) in [7, 11) is 0. The fourth-order valence-corrected chi connectivity index (χ4v) is 10.8. The van der Waals surface area contributed by atoms with Crippen LogP contribution in [0.5, 0.6) is 11.5 Å². The first-order valence-electron chi connectivity index (χ1n) is 18.3. The molecule has 276 valence electrons. The van der Waals surface area contributed by atoms with Crippen LogP contribution in [0.2, 0.25) is 0 Å². The largest absolute Gasteiger partial charge is 0.485 e. The number of nitrogens with one attached hydrogen (secondary N) is 1. The molecule has 7 aromatic rings. The zero-order valence-electron chi connectivity index (χ0n) is 29.4. The molecule has 0 amide bonds. The van der Waals surface area contributed by atoms with Crippen LogP contribution < -0.4 is 19.7 Å². The number of anilines is 3. The van der Waals surface area contributed by atoms with Crippen molar-refractivity contribution in [3.05, 3.63) is 114 Å². The van der Waals surface area contributed by atoms with E-state index in [2.05, 4.69) is 67.5 Å². The van der Waals surface area contributed by atoms with Gasteiger partial charge >= 0.3 is 6.18 Å². The third-order valence-corrected chi connectivity index (χ3v) is 13.3. The van der Waals surface area contributed by atoms with E-state index in [1.807, 2.05) is 24.3 Å². The number of hydrogen-bond acceptors (Lipinski definition) is 9. The second-order valence-corrected chi connectivity index (χ2v) is 16.5. The van der Waals surface area contributed by atoms with Gasteiger partial charge in [-0.25, -0.2) is 0 Å². The minimum Gasteiger partial charge on any atom is -0.485 e. The maximum Gasteiger partial charge on any atom is 0.416 e. The first kappa shape index (κ1) is 34.5. The van der Waals surface area contributed by atoms with E-state index in [1.54, 1.807) is 46.0 Å². The summed E-state index contributed by atoms with van der Waals surface area (Å²) in [5.41, 5.74) is 10.2. The third kappa shape index (κ3) is 6.30. The van der Waals surface area contributed by atoms with Crippen molar-refractivity contribution in [3.63, 3.8) is 0 Å². The summed E-state index contributed by atoms with van der Waals surface area (Å²) in [6.07, 6.45) is 0.833. The monoisotopic (exact) mass is 790 g/mol. The van der Waals surface area contributed by atoms with Gasteiger partial charge in [-0.05, 0) is 84.3 Å². The minimum absolute atomic E-state index is 0.414. The van der Waals surface area contributed by atoms with Gasteiger partial charge in [0.05, 0.1) is 38.4 Å². The topological polar surface area (TPSA) is 59.5 Å². The van der Waals surface area contributed by atoms with Gasteiger partial charge in [0, 0.05) is 39.7 Å². The van der Waals surface area contributed by atoms with Crippen LogP contribution in [0.3, 0.4) is 0 Å². The lowest BCUT2D eigenvalue weighted by molar-refractivity contribution is -0.137. The highest BCUT2D eigenvalue weighted by molar-refractivity contribution is 7.99. The molecule has 6 nitrogen and oxygen atoms in total. The van der Waals surface area contributed by atoms with Crippen LogP contribution in [0.1, 0.15) is 29.5 Å².